The lowest BCUT2D eigenvalue weighted by atomic mass is 9.99. The number of nitrogens with zero attached hydrogens (tertiary/aromatic N) is 2. The molecule has 0 unspecified atom stereocenters. The highest BCUT2D eigenvalue weighted by Gasteiger charge is 2.36. The van der Waals surface area contributed by atoms with Crippen molar-refractivity contribution in [1.29, 1.82) is 0 Å². The van der Waals surface area contributed by atoms with E-state index in [1.807, 2.05) is 0 Å². The minimum atomic E-state index is -3.74. The van der Waals surface area contributed by atoms with Crippen molar-refractivity contribution in [1.82, 2.24) is 9.21 Å². The lowest BCUT2D eigenvalue weighted by Gasteiger charge is -2.32. The number of hydrogen-bond acceptors (Lipinski definition) is 3. The Morgan fingerprint density at radius 2 is 1.83 bits per heavy atom. The molecule has 1 aromatic carbocycles. The molecule has 2 heterocycles. The van der Waals surface area contributed by atoms with Gasteiger partial charge in [0.1, 0.15) is 10.7 Å². The van der Waals surface area contributed by atoms with Crippen LogP contribution < -0.4 is 0 Å². The summed E-state index contributed by atoms with van der Waals surface area (Å²) in [5.41, 5.74) is 0. The van der Waals surface area contributed by atoms with Gasteiger partial charge in [-0.1, -0.05) is 19.1 Å². The fraction of sp³-hybridized carbons (Fsp3) is 0.667. The average molecular weight is 354 g/mol. The van der Waals surface area contributed by atoms with Crippen LogP contribution in [0.2, 0.25) is 0 Å². The Morgan fingerprint density at radius 3 is 2.54 bits per heavy atom. The van der Waals surface area contributed by atoms with Crippen LogP contribution in [0.3, 0.4) is 0 Å². The van der Waals surface area contributed by atoms with Gasteiger partial charge in [0.25, 0.3) is 0 Å². The van der Waals surface area contributed by atoms with Gasteiger partial charge >= 0.3 is 0 Å². The van der Waals surface area contributed by atoms with Crippen LogP contribution in [0, 0.1) is 11.7 Å². The molecule has 0 spiro atoms. The summed E-state index contributed by atoms with van der Waals surface area (Å²) >= 11 is 0. The predicted molar refractivity (Wildman–Crippen MR) is 92.8 cm³/mol. The van der Waals surface area contributed by atoms with Gasteiger partial charge in [-0.2, -0.15) is 4.31 Å². The van der Waals surface area contributed by atoms with E-state index in [-0.39, 0.29) is 10.9 Å². The van der Waals surface area contributed by atoms with E-state index >= 15 is 0 Å². The van der Waals surface area contributed by atoms with Gasteiger partial charge in [-0.15, -0.1) is 0 Å². The van der Waals surface area contributed by atoms with E-state index < -0.39 is 15.8 Å². The summed E-state index contributed by atoms with van der Waals surface area (Å²) in [5, 5.41) is 0. The summed E-state index contributed by atoms with van der Waals surface area (Å²) in [6.07, 6.45) is 5.01. The largest absolute Gasteiger partial charge is 0.303 e. The lowest BCUT2D eigenvalue weighted by Crippen LogP contribution is -2.40. The van der Waals surface area contributed by atoms with Crippen molar-refractivity contribution in [3.8, 4) is 0 Å². The first-order chi connectivity index (χ1) is 11.5. The van der Waals surface area contributed by atoms with E-state index in [1.165, 1.54) is 35.3 Å². The molecular weight excluding hydrogens is 327 g/mol. The van der Waals surface area contributed by atoms with Gasteiger partial charge in [-0.3, -0.25) is 0 Å². The molecule has 0 amide bonds. The second-order valence-corrected chi connectivity index (χ2v) is 9.01. The van der Waals surface area contributed by atoms with Crippen molar-refractivity contribution in [3.63, 3.8) is 0 Å². The minimum Gasteiger partial charge on any atom is -0.303 e. The average Bonchev–Trinajstić information content (AvgIpc) is 3.04. The molecule has 0 saturated carbocycles. The summed E-state index contributed by atoms with van der Waals surface area (Å²) in [6.45, 7) is 5.93. The highest BCUT2D eigenvalue weighted by atomic mass is 32.2. The molecular formula is C18H27FN2O2S. The molecule has 0 bridgehead atoms. The van der Waals surface area contributed by atoms with Crippen molar-refractivity contribution >= 4 is 10.0 Å². The van der Waals surface area contributed by atoms with Gasteiger partial charge in [0.05, 0.1) is 0 Å². The summed E-state index contributed by atoms with van der Waals surface area (Å²) < 4.78 is 41.2. The van der Waals surface area contributed by atoms with Crippen LogP contribution in [0.15, 0.2) is 29.2 Å². The van der Waals surface area contributed by atoms with E-state index in [0.29, 0.717) is 6.54 Å². The molecule has 24 heavy (non-hydrogen) atoms. The normalized spacial score (nSPS) is 24.5. The first-order valence-corrected chi connectivity index (χ1v) is 10.4. The summed E-state index contributed by atoms with van der Waals surface area (Å²) in [4.78, 5) is 2.25. The third kappa shape index (κ3) is 3.81. The van der Waals surface area contributed by atoms with Crippen LogP contribution in [-0.2, 0) is 10.0 Å². The van der Waals surface area contributed by atoms with Gasteiger partial charge in [0, 0.05) is 12.6 Å². The van der Waals surface area contributed by atoms with Crippen molar-refractivity contribution < 1.29 is 12.8 Å². The molecule has 0 radical (unpaired) electrons. The highest BCUT2D eigenvalue weighted by Crippen LogP contribution is 2.29. The Bertz CT molecular complexity index is 657. The number of likely N-dealkylation sites (tertiary alicyclic amines) is 1. The fourth-order valence-electron chi connectivity index (χ4n) is 3.81. The van der Waals surface area contributed by atoms with Crippen LogP contribution in [0.25, 0.3) is 0 Å². The molecule has 0 N–H and O–H groups in total. The van der Waals surface area contributed by atoms with Gasteiger partial charge in [0.2, 0.25) is 10.0 Å². The quantitative estimate of drug-likeness (QED) is 0.816. The second-order valence-electron chi connectivity index (χ2n) is 7.16. The van der Waals surface area contributed by atoms with Crippen LogP contribution in [0.1, 0.15) is 39.0 Å². The molecule has 0 aliphatic carbocycles. The van der Waals surface area contributed by atoms with Crippen LogP contribution >= 0.6 is 0 Å². The number of halogens is 1. The molecule has 1 aromatic rings. The van der Waals surface area contributed by atoms with Crippen LogP contribution in [0.4, 0.5) is 4.39 Å². The zero-order chi connectivity index (χ0) is 17.2. The molecule has 4 nitrogen and oxygen atoms in total. The smallest absolute Gasteiger partial charge is 0.246 e. The molecule has 0 aromatic heterocycles. The SMILES string of the molecule is CC1CCN(CC[C@H]2CCCN2S(=O)(=O)c2ccccc2F)CC1. The van der Waals surface area contributed by atoms with E-state index in [4.69, 9.17) is 0 Å². The summed E-state index contributed by atoms with van der Waals surface area (Å²) in [7, 11) is -3.74. The van der Waals surface area contributed by atoms with Crippen LogP contribution in [0.5, 0.6) is 0 Å². The summed E-state index contributed by atoms with van der Waals surface area (Å²) in [5.74, 6) is 0.138. The molecule has 2 saturated heterocycles. The molecule has 2 fully saturated rings. The number of rotatable bonds is 5. The maximum absolute atomic E-state index is 14.0. The van der Waals surface area contributed by atoms with Gasteiger partial charge in [-0.25, -0.2) is 12.8 Å². The van der Waals surface area contributed by atoms with E-state index in [2.05, 4.69) is 11.8 Å². The Morgan fingerprint density at radius 1 is 1.12 bits per heavy atom. The Labute approximate surface area is 144 Å². The monoisotopic (exact) mass is 354 g/mol. The lowest BCUT2D eigenvalue weighted by molar-refractivity contribution is 0.179. The predicted octanol–water partition coefficient (Wildman–Crippen LogP) is 3.10. The molecule has 3 rings (SSSR count). The maximum atomic E-state index is 14.0. The maximum Gasteiger partial charge on any atom is 0.246 e. The van der Waals surface area contributed by atoms with Crippen LogP contribution in [-0.4, -0.2) is 49.8 Å². The molecule has 1 atom stereocenters. The fourth-order valence-corrected chi connectivity index (χ4v) is 5.60. The third-order valence-electron chi connectivity index (χ3n) is 5.40. The molecule has 134 valence electrons. The van der Waals surface area contributed by atoms with Crippen molar-refractivity contribution in [3.05, 3.63) is 30.1 Å². The van der Waals surface area contributed by atoms with Crippen molar-refractivity contribution in [2.24, 2.45) is 5.92 Å². The third-order valence-corrected chi connectivity index (χ3v) is 7.39. The van der Waals surface area contributed by atoms with E-state index in [9.17, 15) is 12.8 Å². The van der Waals surface area contributed by atoms with E-state index in [0.717, 1.165) is 44.8 Å². The number of piperidine rings is 1. The molecule has 2 aliphatic rings. The minimum absolute atomic E-state index is 0.00560. The van der Waals surface area contributed by atoms with Crippen molar-refractivity contribution in [2.45, 2.75) is 50.0 Å². The van der Waals surface area contributed by atoms with Gasteiger partial charge < -0.3 is 4.90 Å². The Balaban J connectivity index is 1.66. The zero-order valence-electron chi connectivity index (χ0n) is 14.3. The first kappa shape index (κ1) is 17.8. The first-order valence-electron chi connectivity index (χ1n) is 8.97. The second kappa shape index (κ2) is 7.50. The topological polar surface area (TPSA) is 40.6 Å². The molecule has 6 heteroatoms. The Hall–Kier alpha value is -0.980. The Kier molecular flexibility index (Phi) is 5.57. The van der Waals surface area contributed by atoms with Crippen molar-refractivity contribution in [2.75, 3.05) is 26.2 Å². The number of benzene rings is 1. The number of hydrogen-bond donors (Lipinski definition) is 0. The zero-order valence-corrected chi connectivity index (χ0v) is 15.1. The highest BCUT2D eigenvalue weighted by molar-refractivity contribution is 7.89. The summed E-state index contributed by atoms with van der Waals surface area (Å²) in [6, 6.07) is 5.68. The van der Waals surface area contributed by atoms with E-state index in [1.54, 1.807) is 6.07 Å². The van der Waals surface area contributed by atoms with Gasteiger partial charge in [0.15, 0.2) is 0 Å². The van der Waals surface area contributed by atoms with Gasteiger partial charge in [-0.05, 0) is 69.8 Å². The number of sulfonamides is 1. The standard InChI is InChI=1S/C18H27FN2O2S/c1-15-8-12-20(13-9-15)14-10-16-5-4-11-21(16)24(22,23)18-7-3-2-6-17(18)19/h2-3,6-7,15-16H,4-5,8-14H2,1H3/t16-/m1/s1. The molecule has 2 aliphatic heterocycles.